The molecule has 0 radical (unpaired) electrons. The lowest BCUT2D eigenvalue weighted by molar-refractivity contribution is 0.555. The Labute approximate surface area is 106 Å². The second kappa shape index (κ2) is 5.69. The Morgan fingerprint density at radius 3 is 2.33 bits per heavy atom. The molecule has 0 saturated carbocycles. The molecule has 0 fully saturated rings. The van der Waals surface area contributed by atoms with Crippen LogP contribution in [0.1, 0.15) is 23.0 Å². The number of nitrogens with zero attached hydrogens (tertiary/aromatic N) is 2. The van der Waals surface area contributed by atoms with Crippen molar-refractivity contribution in [2.75, 3.05) is 7.05 Å². The van der Waals surface area contributed by atoms with Gasteiger partial charge in [0.25, 0.3) is 0 Å². The van der Waals surface area contributed by atoms with E-state index in [4.69, 9.17) is 0 Å². The van der Waals surface area contributed by atoms with Crippen molar-refractivity contribution in [1.82, 2.24) is 15.3 Å². The van der Waals surface area contributed by atoms with E-state index >= 15 is 0 Å². The summed E-state index contributed by atoms with van der Waals surface area (Å²) in [6.07, 6.45) is 4.34. The summed E-state index contributed by atoms with van der Waals surface area (Å²) in [6.45, 7) is 1.96. The molecule has 0 bridgehead atoms. The van der Waals surface area contributed by atoms with Crippen molar-refractivity contribution in [2.45, 2.75) is 19.4 Å². The molecule has 1 aromatic heterocycles. The minimum absolute atomic E-state index is 0.0380. The van der Waals surface area contributed by atoms with Crippen LogP contribution >= 0.6 is 0 Å². The molecule has 2 rings (SSSR count). The summed E-state index contributed by atoms with van der Waals surface area (Å²) < 4.78 is 12.8. The van der Waals surface area contributed by atoms with Crippen molar-refractivity contribution in [3.05, 3.63) is 59.4 Å². The van der Waals surface area contributed by atoms with E-state index < -0.39 is 0 Å². The molecule has 18 heavy (non-hydrogen) atoms. The molecular weight excluding hydrogens is 229 g/mol. The minimum atomic E-state index is -0.216. The Morgan fingerprint density at radius 1 is 1.17 bits per heavy atom. The molecule has 1 unspecified atom stereocenters. The van der Waals surface area contributed by atoms with E-state index in [9.17, 15) is 4.39 Å². The molecule has 0 aliphatic carbocycles. The predicted molar refractivity (Wildman–Crippen MR) is 68.7 cm³/mol. The summed E-state index contributed by atoms with van der Waals surface area (Å²) in [5.74, 6) is 0.541. The summed E-state index contributed by atoms with van der Waals surface area (Å²) >= 11 is 0. The molecule has 0 aliphatic rings. The topological polar surface area (TPSA) is 37.8 Å². The predicted octanol–water partition coefficient (Wildman–Crippen LogP) is 2.43. The second-order valence-electron chi connectivity index (χ2n) is 4.29. The van der Waals surface area contributed by atoms with E-state index in [0.29, 0.717) is 0 Å². The number of halogens is 1. The summed E-state index contributed by atoms with van der Waals surface area (Å²) in [4.78, 5) is 8.63. The van der Waals surface area contributed by atoms with Gasteiger partial charge in [-0.15, -0.1) is 0 Å². The maximum absolute atomic E-state index is 12.8. The number of hydrogen-bond acceptors (Lipinski definition) is 3. The van der Waals surface area contributed by atoms with Gasteiger partial charge in [-0.25, -0.2) is 14.4 Å². The molecular formula is C14H16FN3. The van der Waals surface area contributed by atoms with Crippen molar-refractivity contribution in [2.24, 2.45) is 0 Å². The Morgan fingerprint density at radius 2 is 1.78 bits per heavy atom. The van der Waals surface area contributed by atoms with Gasteiger partial charge in [0.05, 0.1) is 6.04 Å². The van der Waals surface area contributed by atoms with Crippen LogP contribution in [-0.4, -0.2) is 17.0 Å². The van der Waals surface area contributed by atoms with Crippen LogP contribution in [0, 0.1) is 12.7 Å². The first-order valence-corrected chi connectivity index (χ1v) is 5.89. The van der Waals surface area contributed by atoms with Gasteiger partial charge in [0, 0.05) is 12.4 Å². The van der Waals surface area contributed by atoms with E-state index in [0.717, 1.165) is 23.4 Å². The van der Waals surface area contributed by atoms with Gasteiger partial charge in [-0.2, -0.15) is 0 Å². The highest BCUT2D eigenvalue weighted by atomic mass is 19.1. The van der Waals surface area contributed by atoms with Crippen LogP contribution in [0.5, 0.6) is 0 Å². The fraction of sp³-hybridized carbons (Fsp3) is 0.286. The molecule has 4 heteroatoms. The Kier molecular flexibility index (Phi) is 3.99. The Bertz CT molecular complexity index is 493. The number of hydrogen-bond donors (Lipinski definition) is 1. The van der Waals surface area contributed by atoms with Gasteiger partial charge < -0.3 is 5.32 Å². The lowest BCUT2D eigenvalue weighted by Gasteiger charge is -2.14. The highest BCUT2D eigenvalue weighted by Gasteiger charge is 2.12. The molecule has 1 aromatic carbocycles. The average molecular weight is 245 g/mol. The first-order valence-electron chi connectivity index (χ1n) is 5.89. The summed E-state index contributed by atoms with van der Waals surface area (Å²) in [6, 6.07) is 6.55. The summed E-state index contributed by atoms with van der Waals surface area (Å²) in [5, 5.41) is 3.18. The molecule has 1 atom stereocenters. The number of benzene rings is 1. The molecule has 0 amide bonds. The van der Waals surface area contributed by atoms with Crippen LogP contribution in [0.2, 0.25) is 0 Å². The molecule has 94 valence electrons. The average Bonchev–Trinajstić information content (AvgIpc) is 2.39. The van der Waals surface area contributed by atoms with Crippen LogP contribution in [-0.2, 0) is 6.42 Å². The molecule has 1 heterocycles. The zero-order chi connectivity index (χ0) is 13.0. The van der Waals surface area contributed by atoms with Gasteiger partial charge in [0.2, 0.25) is 0 Å². The zero-order valence-corrected chi connectivity index (χ0v) is 10.5. The first kappa shape index (κ1) is 12.6. The maximum atomic E-state index is 12.8. The number of rotatable bonds is 4. The largest absolute Gasteiger partial charge is 0.310 e. The third kappa shape index (κ3) is 3.11. The Hall–Kier alpha value is -1.81. The molecule has 0 spiro atoms. The van der Waals surface area contributed by atoms with Crippen LogP contribution in [0.4, 0.5) is 4.39 Å². The van der Waals surface area contributed by atoms with Crippen LogP contribution in [0.3, 0.4) is 0 Å². The molecule has 3 nitrogen and oxygen atoms in total. The monoisotopic (exact) mass is 245 g/mol. The van der Waals surface area contributed by atoms with Crippen molar-refractivity contribution in [3.63, 3.8) is 0 Å². The van der Waals surface area contributed by atoms with Gasteiger partial charge in [0.1, 0.15) is 11.6 Å². The van der Waals surface area contributed by atoms with E-state index in [1.165, 1.54) is 12.1 Å². The van der Waals surface area contributed by atoms with Gasteiger partial charge in [-0.1, -0.05) is 12.1 Å². The highest BCUT2D eigenvalue weighted by Crippen LogP contribution is 2.15. The van der Waals surface area contributed by atoms with Gasteiger partial charge in [0.15, 0.2) is 0 Å². The standard InChI is InChI=1S/C14H16FN3/c1-10-8-17-14(18-9-10)13(16-2)7-11-3-5-12(15)6-4-11/h3-6,8-9,13,16H,7H2,1-2H3. The molecule has 2 aromatic rings. The molecule has 0 saturated heterocycles. The van der Waals surface area contributed by atoms with Crippen molar-refractivity contribution in [3.8, 4) is 0 Å². The van der Waals surface area contributed by atoms with Gasteiger partial charge in [-0.3, -0.25) is 0 Å². The summed E-state index contributed by atoms with van der Waals surface area (Å²) in [5.41, 5.74) is 2.09. The fourth-order valence-electron chi connectivity index (χ4n) is 1.76. The highest BCUT2D eigenvalue weighted by molar-refractivity contribution is 5.18. The maximum Gasteiger partial charge on any atom is 0.145 e. The summed E-state index contributed by atoms with van der Waals surface area (Å²) in [7, 11) is 1.87. The van der Waals surface area contributed by atoms with Crippen LogP contribution < -0.4 is 5.32 Å². The van der Waals surface area contributed by atoms with Gasteiger partial charge >= 0.3 is 0 Å². The normalized spacial score (nSPS) is 12.4. The second-order valence-corrected chi connectivity index (χ2v) is 4.29. The lowest BCUT2D eigenvalue weighted by Crippen LogP contribution is -2.21. The van der Waals surface area contributed by atoms with Gasteiger partial charge in [-0.05, 0) is 43.7 Å². The minimum Gasteiger partial charge on any atom is -0.310 e. The van der Waals surface area contributed by atoms with E-state index in [2.05, 4.69) is 15.3 Å². The third-order valence-electron chi connectivity index (χ3n) is 2.81. The van der Waals surface area contributed by atoms with Crippen molar-refractivity contribution >= 4 is 0 Å². The zero-order valence-electron chi connectivity index (χ0n) is 10.5. The number of nitrogens with one attached hydrogen (secondary N) is 1. The SMILES string of the molecule is CNC(Cc1ccc(F)cc1)c1ncc(C)cn1. The fourth-order valence-corrected chi connectivity index (χ4v) is 1.76. The molecule has 0 aliphatic heterocycles. The number of likely N-dealkylation sites (N-methyl/N-ethyl adjacent to an activating group) is 1. The first-order chi connectivity index (χ1) is 8.69. The van der Waals surface area contributed by atoms with Crippen molar-refractivity contribution < 1.29 is 4.39 Å². The smallest absolute Gasteiger partial charge is 0.145 e. The Balaban J connectivity index is 2.14. The number of aryl methyl sites for hydroxylation is 1. The molecule has 1 N–H and O–H groups in total. The van der Waals surface area contributed by atoms with Crippen LogP contribution in [0.15, 0.2) is 36.7 Å². The quantitative estimate of drug-likeness (QED) is 0.899. The third-order valence-corrected chi connectivity index (χ3v) is 2.81. The van der Waals surface area contributed by atoms with E-state index in [1.54, 1.807) is 24.5 Å². The van der Waals surface area contributed by atoms with E-state index in [1.807, 2.05) is 14.0 Å². The lowest BCUT2D eigenvalue weighted by atomic mass is 10.1. The van der Waals surface area contributed by atoms with E-state index in [-0.39, 0.29) is 11.9 Å². The van der Waals surface area contributed by atoms with Crippen molar-refractivity contribution in [1.29, 1.82) is 0 Å². The number of aromatic nitrogens is 2. The van der Waals surface area contributed by atoms with Crippen LogP contribution in [0.25, 0.3) is 0 Å².